The van der Waals surface area contributed by atoms with Crippen molar-refractivity contribution in [2.75, 3.05) is 51.3 Å². The van der Waals surface area contributed by atoms with Gasteiger partial charge >= 0.3 is 0 Å². The van der Waals surface area contributed by atoms with Crippen molar-refractivity contribution in [2.24, 2.45) is 4.99 Å². The van der Waals surface area contributed by atoms with Gasteiger partial charge in [-0.15, -0.1) is 0 Å². The summed E-state index contributed by atoms with van der Waals surface area (Å²) in [6.07, 6.45) is 3.67. The Bertz CT molecular complexity index is 620. The lowest BCUT2D eigenvalue weighted by Crippen LogP contribution is -2.45. The Morgan fingerprint density at radius 2 is 2.07 bits per heavy atom. The molecule has 2 atom stereocenters. The molecule has 27 heavy (non-hydrogen) atoms. The molecule has 2 N–H and O–H groups in total. The highest BCUT2D eigenvalue weighted by molar-refractivity contribution is 5.80. The topological polar surface area (TPSA) is 52.1 Å². The second-order valence-corrected chi connectivity index (χ2v) is 7.39. The quantitative estimate of drug-likeness (QED) is 0.567. The molecule has 0 aliphatic carbocycles. The van der Waals surface area contributed by atoms with Crippen LogP contribution in [-0.2, 0) is 0 Å². The molecule has 0 aromatic heterocycles. The Labute approximate surface area is 164 Å². The third kappa shape index (κ3) is 5.06. The SMILES string of the molecule is CCNC(=NCC1CCCN1CC)NC1CCN(c2ccccc2OC)C1. The molecule has 2 aliphatic heterocycles. The molecule has 1 aromatic carbocycles. The maximum atomic E-state index is 5.53. The molecular weight excluding hydrogens is 338 g/mol. The number of hydrogen-bond acceptors (Lipinski definition) is 4. The van der Waals surface area contributed by atoms with Crippen molar-refractivity contribution < 1.29 is 4.74 Å². The average molecular weight is 374 g/mol. The number of anilines is 1. The van der Waals surface area contributed by atoms with E-state index in [0.717, 1.165) is 50.9 Å². The molecule has 2 unspecified atom stereocenters. The van der Waals surface area contributed by atoms with E-state index >= 15 is 0 Å². The zero-order valence-corrected chi connectivity index (χ0v) is 17.1. The van der Waals surface area contributed by atoms with Crippen LogP contribution in [0.2, 0.25) is 0 Å². The molecular formula is C21H35N5O. The number of guanidine groups is 1. The molecule has 0 saturated carbocycles. The van der Waals surface area contributed by atoms with Crippen molar-refractivity contribution in [1.29, 1.82) is 0 Å². The Balaban J connectivity index is 1.58. The van der Waals surface area contributed by atoms with Gasteiger partial charge < -0.3 is 20.3 Å². The predicted molar refractivity (Wildman–Crippen MR) is 113 cm³/mol. The predicted octanol–water partition coefficient (Wildman–Crippen LogP) is 2.31. The number of benzene rings is 1. The molecule has 150 valence electrons. The van der Waals surface area contributed by atoms with E-state index in [9.17, 15) is 0 Å². The number of methoxy groups -OCH3 is 1. The molecule has 1 aromatic rings. The molecule has 2 fully saturated rings. The lowest BCUT2D eigenvalue weighted by atomic mass is 10.2. The molecule has 3 rings (SSSR count). The lowest BCUT2D eigenvalue weighted by Gasteiger charge is -2.23. The maximum Gasteiger partial charge on any atom is 0.191 e. The number of para-hydroxylation sites is 2. The molecule has 6 nitrogen and oxygen atoms in total. The summed E-state index contributed by atoms with van der Waals surface area (Å²) < 4.78 is 5.53. The number of hydrogen-bond donors (Lipinski definition) is 2. The van der Waals surface area contributed by atoms with Crippen molar-refractivity contribution in [3.05, 3.63) is 24.3 Å². The summed E-state index contributed by atoms with van der Waals surface area (Å²) in [6.45, 7) is 10.5. The second kappa shape index (κ2) is 9.83. The molecule has 2 aliphatic rings. The van der Waals surface area contributed by atoms with Crippen LogP contribution in [0.4, 0.5) is 5.69 Å². The average Bonchev–Trinajstić information content (AvgIpc) is 3.35. The monoisotopic (exact) mass is 373 g/mol. The van der Waals surface area contributed by atoms with Gasteiger partial charge in [-0.05, 0) is 51.4 Å². The highest BCUT2D eigenvalue weighted by atomic mass is 16.5. The van der Waals surface area contributed by atoms with Gasteiger partial charge in [0.15, 0.2) is 5.96 Å². The Morgan fingerprint density at radius 1 is 1.22 bits per heavy atom. The van der Waals surface area contributed by atoms with E-state index in [1.807, 2.05) is 12.1 Å². The van der Waals surface area contributed by atoms with E-state index in [1.165, 1.54) is 25.1 Å². The van der Waals surface area contributed by atoms with Gasteiger partial charge in [-0.2, -0.15) is 0 Å². The molecule has 0 amide bonds. The number of rotatable bonds is 7. The van der Waals surface area contributed by atoms with Crippen LogP contribution in [0.25, 0.3) is 0 Å². The van der Waals surface area contributed by atoms with Crippen LogP contribution in [0.1, 0.15) is 33.1 Å². The first-order valence-electron chi connectivity index (χ1n) is 10.4. The summed E-state index contributed by atoms with van der Waals surface area (Å²) in [7, 11) is 1.74. The number of likely N-dealkylation sites (N-methyl/N-ethyl adjacent to an activating group) is 1. The minimum atomic E-state index is 0.401. The fraction of sp³-hybridized carbons (Fsp3) is 0.667. The first-order chi connectivity index (χ1) is 13.2. The summed E-state index contributed by atoms with van der Waals surface area (Å²) in [5.74, 6) is 1.90. The van der Waals surface area contributed by atoms with Crippen LogP contribution in [0.3, 0.4) is 0 Å². The molecule has 0 radical (unpaired) electrons. The molecule has 0 spiro atoms. The Morgan fingerprint density at radius 3 is 2.85 bits per heavy atom. The zero-order valence-electron chi connectivity index (χ0n) is 17.1. The first-order valence-corrected chi connectivity index (χ1v) is 10.4. The number of aliphatic imine (C=N–C) groups is 1. The molecule has 0 bridgehead atoms. The first kappa shape index (κ1) is 19.8. The van der Waals surface area contributed by atoms with Crippen LogP contribution in [0.15, 0.2) is 29.3 Å². The van der Waals surface area contributed by atoms with Gasteiger partial charge in [0.25, 0.3) is 0 Å². The molecule has 2 saturated heterocycles. The van der Waals surface area contributed by atoms with Crippen LogP contribution in [-0.4, -0.2) is 69.3 Å². The third-order valence-corrected chi connectivity index (χ3v) is 5.66. The highest BCUT2D eigenvalue weighted by Crippen LogP contribution is 2.30. The fourth-order valence-corrected chi connectivity index (χ4v) is 4.22. The largest absolute Gasteiger partial charge is 0.495 e. The number of nitrogens with zero attached hydrogens (tertiary/aromatic N) is 3. The maximum absolute atomic E-state index is 5.53. The summed E-state index contributed by atoms with van der Waals surface area (Å²) >= 11 is 0. The summed E-state index contributed by atoms with van der Waals surface area (Å²) in [5.41, 5.74) is 1.18. The summed E-state index contributed by atoms with van der Waals surface area (Å²) in [6, 6.07) is 9.26. The van der Waals surface area contributed by atoms with E-state index in [-0.39, 0.29) is 0 Å². The van der Waals surface area contributed by atoms with Gasteiger partial charge in [-0.3, -0.25) is 9.89 Å². The number of ether oxygens (including phenoxy) is 1. The third-order valence-electron chi connectivity index (χ3n) is 5.66. The van der Waals surface area contributed by atoms with Crippen LogP contribution in [0, 0.1) is 0 Å². The zero-order chi connectivity index (χ0) is 19.1. The summed E-state index contributed by atoms with van der Waals surface area (Å²) in [4.78, 5) is 9.84. The van der Waals surface area contributed by atoms with E-state index < -0.39 is 0 Å². The van der Waals surface area contributed by atoms with Crippen molar-refractivity contribution in [3.8, 4) is 5.75 Å². The number of likely N-dealkylation sites (tertiary alicyclic amines) is 1. The molecule has 6 heteroatoms. The number of nitrogens with one attached hydrogen (secondary N) is 2. The summed E-state index contributed by atoms with van der Waals surface area (Å²) in [5, 5.41) is 7.07. The van der Waals surface area contributed by atoms with Gasteiger partial charge in [-0.1, -0.05) is 19.1 Å². The van der Waals surface area contributed by atoms with Crippen molar-refractivity contribution >= 4 is 11.6 Å². The van der Waals surface area contributed by atoms with Crippen molar-refractivity contribution in [3.63, 3.8) is 0 Å². The van der Waals surface area contributed by atoms with Gasteiger partial charge in [0.2, 0.25) is 0 Å². The van der Waals surface area contributed by atoms with Crippen molar-refractivity contribution in [2.45, 2.75) is 45.2 Å². The van der Waals surface area contributed by atoms with Gasteiger partial charge in [0, 0.05) is 31.7 Å². The van der Waals surface area contributed by atoms with Crippen molar-refractivity contribution in [1.82, 2.24) is 15.5 Å². The van der Waals surface area contributed by atoms with E-state index in [4.69, 9.17) is 9.73 Å². The Kier molecular flexibility index (Phi) is 7.21. The van der Waals surface area contributed by atoms with E-state index in [1.54, 1.807) is 7.11 Å². The van der Waals surface area contributed by atoms with Crippen LogP contribution < -0.4 is 20.3 Å². The lowest BCUT2D eigenvalue weighted by molar-refractivity contribution is 0.273. The highest BCUT2D eigenvalue weighted by Gasteiger charge is 2.26. The molecule has 2 heterocycles. The van der Waals surface area contributed by atoms with Crippen LogP contribution in [0.5, 0.6) is 5.75 Å². The second-order valence-electron chi connectivity index (χ2n) is 7.39. The van der Waals surface area contributed by atoms with Gasteiger partial charge in [0.1, 0.15) is 5.75 Å². The minimum Gasteiger partial charge on any atom is -0.495 e. The fourth-order valence-electron chi connectivity index (χ4n) is 4.22. The van der Waals surface area contributed by atoms with Gasteiger partial charge in [-0.25, -0.2) is 0 Å². The standard InChI is InChI=1S/C21H35N5O/c1-4-22-21(23-15-18-9-8-13-25(18)5-2)24-17-12-14-26(16-17)19-10-6-7-11-20(19)27-3/h6-7,10-11,17-18H,4-5,8-9,12-16H2,1-3H3,(H2,22,23,24). The Hall–Kier alpha value is -1.95. The van der Waals surface area contributed by atoms with Crippen LogP contribution >= 0.6 is 0 Å². The normalized spacial score (nSPS) is 23.7. The van der Waals surface area contributed by atoms with E-state index in [2.05, 4.69) is 46.4 Å². The van der Waals surface area contributed by atoms with E-state index in [0.29, 0.717) is 12.1 Å². The minimum absolute atomic E-state index is 0.401. The van der Waals surface area contributed by atoms with Gasteiger partial charge in [0.05, 0.1) is 19.3 Å². The smallest absolute Gasteiger partial charge is 0.191 e.